The summed E-state index contributed by atoms with van der Waals surface area (Å²) in [5.74, 6) is -41.3. The molecule has 0 radical (unpaired) electrons. The zero-order chi connectivity index (χ0) is 21.4. The Bertz CT molecular complexity index is 511. The Labute approximate surface area is 136 Å². The molecule has 0 aromatic rings. The van der Waals surface area contributed by atoms with Crippen LogP contribution in [0.4, 0.5) is 57.1 Å². The van der Waals surface area contributed by atoms with Gasteiger partial charge in [0.2, 0.25) is 0 Å². The Balaban J connectivity index is 6.04. The minimum Gasteiger partial charge on any atom is -0.351 e. The van der Waals surface area contributed by atoms with Crippen molar-refractivity contribution < 1.29 is 61.9 Å². The van der Waals surface area contributed by atoms with Crippen LogP contribution in [0.25, 0.3) is 0 Å². The molecular weight excluding hydrogens is 409 g/mol. The van der Waals surface area contributed by atoms with Crippen LogP contribution in [0.1, 0.15) is 19.8 Å². The predicted molar refractivity (Wildman–Crippen MR) is 58.7 cm³/mol. The highest BCUT2D eigenvalue weighted by atomic mass is 19.4. The summed E-state index contributed by atoms with van der Waals surface area (Å²) < 4.78 is 165. The molecule has 1 amide bonds. The Kier molecular flexibility index (Phi) is 6.56. The van der Waals surface area contributed by atoms with Crippen LogP contribution in [0.2, 0.25) is 0 Å². The van der Waals surface area contributed by atoms with Gasteiger partial charge in [0, 0.05) is 6.54 Å². The first-order chi connectivity index (χ1) is 11.2. The second-order valence-electron chi connectivity index (χ2n) is 4.98. The van der Waals surface area contributed by atoms with E-state index < -0.39 is 48.2 Å². The van der Waals surface area contributed by atoms with Crippen LogP contribution in [0.5, 0.6) is 0 Å². The van der Waals surface area contributed by atoms with Crippen LogP contribution in [0.15, 0.2) is 0 Å². The Hall–Kier alpha value is -1.44. The summed E-state index contributed by atoms with van der Waals surface area (Å²) in [7, 11) is 0. The summed E-state index contributed by atoms with van der Waals surface area (Å²) in [6.07, 6.45) is -7.45. The van der Waals surface area contributed by atoms with Crippen molar-refractivity contribution in [3.8, 4) is 0 Å². The lowest BCUT2D eigenvalue weighted by molar-refractivity contribution is -0.436. The molecule has 0 spiro atoms. The van der Waals surface area contributed by atoms with Gasteiger partial charge >= 0.3 is 35.8 Å². The molecule has 0 aromatic carbocycles. The molecule has 1 N–H and O–H groups in total. The lowest BCUT2D eigenvalue weighted by Gasteiger charge is -2.39. The maximum Gasteiger partial charge on any atom is 0.460 e. The first-order valence-electron chi connectivity index (χ1n) is 6.47. The van der Waals surface area contributed by atoms with Gasteiger partial charge in [-0.15, -0.1) is 0 Å². The zero-order valence-corrected chi connectivity index (χ0v) is 12.4. The highest BCUT2D eigenvalue weighted by molar-refractivity contribution is 5.84. The maximum atomic E-state index is 13.2. The standard InChI is InChI=1S/C11H10F13NO/c1-2-3-4-25-5(26)6(12,13)7(14,15)8(16,17)9(18,19)10(20,21)11(22,23)24/h2-4H2,1H3,(H,25,26). The third-order valence-electron chi connectivity index (χ3n) is 3.03. The van der Waals surface area contributed by atoms with Crippen LogP contribution in [-0.4, -0.2) is 48.2 Å². The number of carbonyl (C=O) groups excluding carboxylic acids is 1. The first-order valence-corrected chi connectivity index (χ1v) is 6.47. The summed E-state index contributed by atoms with van der Waals surface area (Å²) in [4.78, 5) is 10.9. The second kappa shape index (κ2) is 6.94. The molecule has 0 heterocycles. The number of amides is 1. The number of halogens is 13. The minimum absolute atomic E-state index is 0.147. The lowest BCUT2D eigenvalue weighted by Crippen LogP contribution is -2.72. The number of hydrogen-bond acceptors (Lipinski definition) is 1. The molecule has 26 heavy (non-hydrogen) atoms. The fraction of sp³-hybridized carbons (Fsp3) is 0.909. The van der Waals surface area contributed by atoms with E-state index in [1.807, 2.05) is 0 Å². The van der Waals surface area contributed by atoms with E-state index in [-0.39, 0.29) is 12.8 Å². The van der Waals surface area contributed by atoms with Crippen LogP contribution >= 0.6 is 0 Å². The third kappa shape index (κ3) is 3.52. The molecular formula is C11H10F13NO. The van der Waals surface area contributed by atoms with E-state index in [1.165, 1.54) is 6.92 Å². The molecule has 0 atom stereocenters. The van der Waals surface area contributed by atoms with Crippen LogP contribution in [-0.2, 0) is 4.79 Å². The van der Waals surface area contributed by atoms with E-state index in [2.05, 4.69) is 0 Å². The van der Waals surface area contributed by atoms with E-state index in [9.17, 15) is 61.9 Å². The fourth-order valence-corrected chi connectivity index (χ4v) is 1.40. The number of rotatable bonds is 8. The predicted octanol–water partition coefficient (Wildman–Crippen LogP) is 4.64. The highest BCUT2D eigenvalue weighted by Crippen LogP contribution is 2.60. The van der Waals surface area contributed by atoms with Crippen molar-refractivity contribution in [1.82, 2.24) is 5.32 Å². The van der Waals surface area contributed by atoms with Crippen molar-refractivity contribution in [3.63, 3.8) is 0 Å². The van der Waals surface area contributed by atoms with Crippen molar-refractivity contribution in [2.24, 2.45) is 0 Å². The molecule has 0 aromatic heterocycles. The van der Waals surface area contributed by atoms with Gasteiger partial charge in [-0.1, -0.05) is 13.3 Å². The Morgan fingerprint density at radius 3 is 1.42 bits per heavy atom. The number of alkyl halides is 13. The van der Waals surface area contributed by atoms with Gasteiger partial charge in [-0.25, -0.2) is 0 Å². The van der Waals surface area contributed by atoms with Gasteiger partial charge in [0.05, 0.1) is 0 Å². The van der Waals surface area contributed by atoms with Crippen LogP contribution in [0, 0.1) is 0 Å². The molecule has 0 saturated carbocycles. The van der Waals surface area contributed by atoms with Gasteiger partial charge in [-0.05, 0) is 6.42 Å². The highest BCUT2D eigenvalue weighted by Gasteiger charge is 2.91. The molecule has 0 aliphatic carbocycles. The summed E-state index contributed by atoms with van der Waals surface area (Å²) >= 11 is 0. The molecule has 0 rings (SSSR count). The number of carbonyl (C=O) groups is 1. The maximum absolute atomic E-state index is 13.2. The molecule has 0 aliphatic rings. The van der Waals surface area contributed by atoms with Gasteiger partial charge < -0.3 is 5.32 Å². The molecule has 15 heteroatoms. The quantitative estimate of drug-likeness (QED) is 0.451. The molecule has 0 unspecified atom stereocenters. The smallest absolute Gasteiger partial charge is 0.351 e. The van der Waals surface area contributed by atoms with Gasteiger partial charge in [-0.2, -0.15) is 57.1 Å². The van der Waals surface area contributed by atoms with Gasteiger partial charge in [0.25, 0.3) is 5.91 Å². The molecule has 156 valence electrons. The van der Waals surface area contributed by atoms with Crippen LogP contribution in [0.3, 0.4) is 0 Å². The largest absolute Gasteiger partial charge is 0.460 e. The average molecular weight is 419 g/mol. The summed E-state index contributed by atoms with van der Waals surface area (Å²) in [5.41, 5.74) is 0. The van der Waals surface area contributed by atoms with Gasteiger partial charge in [0.15, 0.2) is 0 Å². The molecule has 2 nitrogen and oxygen atoms in total. The Morgan fingerprint density at radius 2 is 1.08 bits per heavy atom. The Morgan fingerprint density at radius 1 is 0.692 bits per heavy atom. The van der Waals surface area contributed by atoms with Crippen molar-refractivity contribution in [2.45, 2.75) is 55.6 Å². The second-order valence-corrected chi connectivity index (χ2v) is 4.98. The van der Waals surface area contributed by atoms with E-state index >= 15 is 0 Å². The van der Waals surface area contributed by atoms with E-state index in [0.717, 1.165) is 5.32 Å². The summed E-state index contributed by atoms with van der Waals surface area (Å²) in [6.45, 7) is 0.606. The first kappa shape index (κ1) is 24.6. The summed E-state index contributed by atoms with van der Waals surface area (Å²) in [5, 5.41) is 0.966. The lowest BCUT2D eigenvalue weighted by atomic mass is 9.93. The molecule has 0 saturated heterocycles. The number of hydrogen-bond donors (Lipinski definition) is 1. The molecule has 0 aliphatic heterocycles. The van der Waals surface area contributed by atoms with Gasteiger partial charge in [0.1, 0.15) is 0 Å². The van der Waals surface area contributed by atoms with Crippen molar-refractivity contribution in [2.75, 3.05) is 6.54 Å². The third-order valence-corrected chi connectivity index (χ3v) is 3.03. The van der Waals surface area contributed by atoms with E-state index in [4.69, 9.17) is 0 Å². The van der Waals surface area contributed by atoms with Gasteiger partial charge in [-0.3, -0.25) is 4.79 Å². The van der Waals surface area contributed by atoms with Crippen LogP contribution < -0.4 is 5.32 Å². The average Bonchev–Trinajstić information content (AvgIpc) is 2.45. The van der Waals surface area contributed by atoms with Crippen molar-refractivity contribution in [3.05, 3.63) is 0 Å². The molecule has 0 bridgehead atoms. The van der Waals surface area contributed by atoms with Crippen molar-refractivity contribution >= 4 is 5.91 Å². The monoisotopic (exact) mass is 419 g/mol. The number of nitrogens with one attached hydrogen (secondary N) is 1. The van der Waals surface area contributed by atoms with E-state index in [0.29, 0.717) is 0 Å². The SMILES string of the molecule is CCCCNC(=O)C(F)(F)C(F)(F)C(F)(F)C(F)(F)C(F)(F)C(F)(F)F. The molecule has 0 fully saturated rings. The zero-order valence-electron chi connectivity index (χ0n) is 12.4. The normalized spacial score (nSPS) is 15.2. The fourth-order valence-electron chi connectivity index (χ4n) is 1.40. The van der Waals surface area contributed by atoms with Crippen molar-refractivity contribution in [1.29, 1.82) is 0 Å². The number of unbranched alkanes of at least 4 members (excludes halogenated alkanes) is 1. The minimum atomic E-state index is -8.01. The van der Waals surface area contributed by atoms with E-state index in [1.54, 1.807) is 0 Å². The topological polar surface area (TPSA) is 29.1 Å². The summed E-state index contributed by atoms with van der Waals surface area (Å²) in [6, 6.07) is 0.